The molecule has 0 radical (unpaired) electrons. The number of fused-ring (bicyclic) bond motifs is 1. The highest BCUT2D eigenvalue weighted by atomic mass is 15.2. The molecule has 1 saturated heterocycles. The molecule has 140 valence electrons. The third-order valence-corrected chi connectivity index (χ3v) is 5.53. The van der Waals surface area contributed by atoms with Gasteiger partial charge in [0.15, 0.2) is 0 Å². The molecular weight excluding hydrogens is 332 g/mol. The summed E-state index contributed by atoms with van der Waals surface area (Å²) in [5.74, 6) is 0.934. The van der Waals surface area contributed by atoms with Crippen LogP contribution in [0.1, 0.15) is 30.0 Å². The van der Waals surface area contributed by atoms with E-state index in [1.165, 1.54) is 22.4 Å². The minimum absolute atomic E-state index is 0.934. The number of nitrogens with zero attached hydrogens (tertiary/aromatic N) is 2. The lowest BCUT2D eigenvalue weighted by Crippen LogP contribution is -2.43. The summed E-state index contributed by atoms with van der Waals surface area (Å²) in [6.45, 7) is 8.52. The first-order chi connectivity index (χ1) is 13.2. The Bertz CT molecular complexity index is 876. The maximum Gasteiger partial charge on any atom is 0.133 e. The fourth-order valence-electron chi connectivity index (χ4n) is 3.88. The highest BCUT2D eigenvalue weighted by Crippen LogP contribution is 2.31. The van der Waals surface area contributed by atoms with Crippen LogP contribution in [0.4, 0.5) is 11.5 Å². The zero-order chi connectivity index (χ0) is 18.6. The van der Waals surface area contributed by atoms with Gasteiger partial charge in [0.2, 0.25) is 0 Å². The minimum atomic E-state index is 0.934. The molecule has 1 aromatic carbocycles. The van der Waals surface area contributed by atoms with E-state index in [0.29, 0.717) is 0 Å². The van der Waals surface area contributed by atoms with Crippen molar-refractivity contribution in [2.45, 2.75) is 26.7 Å². The molecule has 1 fully saturated rings. The average molecular weight is 361 g/mol. The Labute approximate surface area is 162 Å². The molecule has 1 aliphatic heterocycles. The van der Waals surface area contributed by atoms with Crippen molar-refractivity contribution in [2.24, 2.45) is 0 Å². The number of nitrogens with one attached hydrogen (secondary N) is 2. The first kappa shape index (κ1) is 17.8. The second kappa shape index (κ2) is 7.97. The second-order valence-corrected chi connectivity index (χ2v) is 7.29. The monoisotopic (exact) mass is 360 g/mol. The van der Waals surface area contributed by atoms with Crippen molar-refractivity contribution < 1.29 is 0 Å². The molecular formula is C23H28N4. The van der Waals surface area contributed by atoms with Crippen molar-refractivity contribution in [3.05, 3.63) is 70.6 Å². The lowest BCUT2D eigenvalue weighted by atomic mass is 10.0. The van der Waals surface area contributed by atoms with Gasteiger partial charge in [-0.15, -0.1) is 0 Å². The topological polar surface area (TPSA) is 40.2 Å². The summed E-state index contributed by atoms with van der Waals surface area (Å²) in [5.41, 5.74) is 7.75. The zero-order valence-corrected chi connectivity index (χ0v) is 16.3. The molecule has 2 aliphatic rings. The van der Waals surface area contributed by atoms with Gasteiger partial charge in [0.05, 0.1) is 0 Å². The highest BCUT2D eigenvalue weighted by molar-refractivity contribution is 5.70. The lowest BCUT2D eigenvalue weighted by molar-refractivity contribution is 0.589. The number of aryl methyl sites for hydroxylation is 2. The van der Waals surface area contributed by atoms with Crippen LogP contribution in [-0.2, 0) is 6.42 Å². The van der Waals surface area contributed by atoms with E-state index in [1.54, 1.807) is 0 Å². The molecule has 4 nitrogen and oxygen atoms in total. The van der Waals surface area contributed by atoms with Gasteiger partial charge in [-0.2, -0.15) is 0 Å². The number of anilines is 2. The zero-order valence-electron chi connectivity index (χ0n) is 16.3. The van der Waals surface area contributed by atoms with E-state index in [0.717, 1.165) is 56.1 Å². The van der Waals surface area contributed by atoms with Gasteiger partial charge >= 0.3 is 0 Å². The molecule has 0 amide bonds. The van der Waals surface area contributed by atoms with Crippen LogP contribution >= 0.6 is 0 Å². The molecule has 2 heterocycles. The molecule has 4 rings (SSSR count). The normalized spacial score (nSPS) is 18.7. The van der Waals surface area contributed by atoms with Gasteiger partial charge in [-0.3, -0.25) is 0 Å². The van der Waals surface area contributed by atoms with Crippen molar-refractivity contribution in [3.63, 3.8) is 0 Å². The Balaban J connectivity index is 1.65. The van der Waals surface area contributed by atoms with Crippen molar-refractivity contribution in [3.8, 4) is 0 Å². The van der Waals surface area contributed by atoms with Crippen LogP contribution in [0.3, 0.4) is 0 Å². The van der Waals surface area contributed by atoms with Crippen LogP contribution in [-0.4, -0.2) is 31.2 Å². The molecule has 2 aromatic rings. The molecule has 0 unspecified atom stereocenters. The fraction of sp³-hybridized carbons (Fsp3) is 0.348. The largest absolute Gasteiger partial charge is 0.369 e. The van der Waals surface area contributed by atoms with E-state index in [2.05, 4.69) is 70.8 Å². The highest BCUT2D eigenvalue weighted by Gasteiger charge is 2.17. The van der Waals surface area contributed by atoms with Gasteiger partial charge in [-0.05, 0) is 73.2 Å². The summed E-state index contributed by atoms with van der Waals surface area (Å²) in [6, 6.07) is 11.0. The molecule has 0 bridgehead atoms. The molecule has 1 aliphatic carbocycles. The lowest BCUT2D eigenvalue weighted by Gasteiger charge is -2.30. The SMILES string of the molecule is CC=C1CCc2cc(N3CCNCC3)ccc2C=C1Nc1ncccc1C. The number of allylic oxidation sites excluding steroid dienone is 2. The van der Waals surface area contributed by atoms with Crippen LogP contribution in [0.25, 0.3) is 6.08 Å². The number of aromatic nitrogens is 1. The van der Waals surface area contributed by atoms with Gasteiger partial charge in [-0.25, -0.2) is 4.98 Å². The number of rotatable bonds is 3. The Morgan fingerprint density at radius 1 is 1.15 bits per heavy atom. The van der Waals surface area contributed by atoms with Crippen LogP contribution in [0.15, 0.2) is 53.9 Å². The molecule has 1 aromatic heterocycles. The predicted molar refractivity (Wildman–Crippen MR) is 114 cm³/mol. The molecule has 2 N–H and O–H groups in total. The van der Waals surface area contributed by atoms with Crippen molar-refractivity contribution in [2.75, 3.05) is 36.4 Å². The van der Waals surface area contributed by atoms with E-state index in [4.69, 9.17) is 0 Å². The van der Waals surface area contributed by atoms with E-state index in [1.807, 2.05) is 12.3 Å². The molecule has 0 atom stereocenters. The summed E-state index contributed by atoms with van der Waals surface area (Å²) in [5, 5.41) is 7.00. The smallest absolute Gasteiger partial charge is 0.133 e. The van der Waals surface area contributed by atoms with Crippen molar-refractivity contribution >= 4 is 17.6 Å². The second-order valence-electron chi connectivity index (χ2n) is 7.29. The first-order valence-corrected chi connectivity index (χ1v) is 9.89. The third kappa shape index (κ3) is 3.91. The van der Waals surface area contributed by atoms with Crippen LogP contribution in [0.2, 0.25) is 0 Å². The molecule has 4 heteroatoms. The van der Waals surface area contributed by atoms with Crippen molar-refractivity contribution in [1.29, 1.82) is 0 Å². The summed E-state index contributed by atoms with van der Waals surface area (Å²) in [6.07, 6.45) is 8.46. The number of hydrogen-bond donors (Lipinski definition) is 2. The summed E-state index contributed by atoms with van der Waals surface area (Å²) >= 11 is 0. The Morgan fingerprint density at radius 3 is 2.78 bits per heavy atom. The Morgan fingerprint density at radius 2 is 2.00 bits per heavy atom. The van der Waals surface area contributed by atoms with E-state index < -0.39 is 0 Å². The van der Waals surface area contributed by atoms with Crippen LogP contribution in [0, 0.1) is 6.92 Å². The Hall–Kier alpha value is -2.59. The maximum absolute atomic E-state index is 4.51. The number of pyridine rings is 1. The average Bonchev–Trinajstić information content (AvgIpc) is 2.88. The number of piperazine rings is 1. The number of hydrogen-bond acceptors (Lipinski definition) is 4. The first-order valence-electron chi connectivity index (χ1n) is 9.89. The summed E-state index contributed by atoms with van der Waals surface area (Å²) in [4.78, 5) is 7.00. The van der Waals surface area contributed by atoms with Gasteiger partial charge in [0.25, 0.3) is 0 Å². The molecule has 0 saturated carbocycles. The fourth-order valence-corrected chi connectivity index (χ4v) is 3.88. The third-order valence-electron chi connectivity index (χ3n) is 5.53. The van der Waals surface area contributed by atoms with Gasteiger partial charge in [-0.1, -0.05) is 18.2 Å². The molecule has 0 spiro atoms. The van der Waals surface area contributed by atoms with Gasteiger partial charge in [0, 0.05) is 43.8 Å². The van der Waals surface area contributed by atoms with Gasteiger partial charge in [0.1, 0.15) is 5.82 Å². The molecule has 27 heavy (non-hydrogen) atoms. The van der Waals surface area contributed by atoms with E-state index >= 15 is 0 Å². The Kier molecular flexibility index (Phi) is 5.26. The minimum Gasteiger partial charge on any atom is -0.369 e. The van der Waals surface area contributed by atoms with E-state index in [-0.39, 0.29) is 0 Å². The van der Waals surface area contributed by atoms with Crippen LogP contribution in [0.5, 0.6) is 0 Å². The maximum atomic E-state index is 4.51. The summed E-state index contributed by atoms with van der Waals surface area (Å²) < 4.78 is 0. The quantitative estimate of drug-likeness (QED) is 0.863. The standard InChI is InChI=1S/C23H28N4/c1-3-18-6-7-19-15-21(27-13-11-24-12-14-27)9-8-20(19)16-22(18)26-23-17(2)5-4-10-25-23/h3-5,8-10,15-16,24H,6-7,11-14H2,1-2H3,(H,25,26). The van der Waals surface area contributed by atoms with Crippen LogP contribution < -0.4 is 15.5 Å². The van der Waals surface area contributed by atoms with Crippen molar-refractivity contribution in [1.82, 2.24) is 10.3 Å². The summed E-state index contributed by atoms with van der Waals surface area (Å²) in [7, 11) is 0. The van der Waals surface area contributed by atoms with E-state index in [9.17, 15) is 0 Å². The predicted octanol–water partition coefficient (Wildman–Crippen LogP) is 4.15. The number of benzene rings is 1. The van der Waals surface area contributed by atoms with Gasteiger partial charge < -0.3 is 15.5 Å².